The van der Waals surface area contributed by atoms with E-state index in [1.165, 1.54) is 25.7 Å². The molecule has 1 aromatic heterocycles. The van der Waals surface area contributed by atoms with E-state index in [-0.39, 0.29) is 0 Å². The van der Waals surface area contributed by atoms with E-state index in [1.54, 1.807) is 0 Å². The molecule has 2 N–H and O–H groups in total. The highest BCUT2D eigenvalue weighted by Gasteiger charge is 2.52. The van der Waals surface area contributed by atoms with E-state index in [1.807, 2.05) is 6.20 Å². The Labute approximate surface area is 111 Å². The molecule has 2 aliphatic carbocycles. The lowest BCUT2D eigenvalue weighted by atomic mass is 10.0. The van der Waals surface area contributed by atoms with Gasteiger partial charge in [0.05, 0.1) is 0 Å². The second kappa shape index (κ2) is 4.69. The minimum absolute atomic E-state index is 0.316. The van der Waals surface area contributed by atoms with Crippen molar-refractivity contribution in [2.75, 3.05) is 0 Å². The minimum atomic E-state index is 0.316. The Morgan fingerprint density at radius 1 is 1.29 bits per heavy atom. The van der Waals surface area contributed by atoms with Crippen molar-refractivity contribution >= 4 is 15.9 Å². The van der Waals surface area contributed by atoms with Crippen LogP contribution in [0.1, 0.15) is 31.4 Å². The molecular weight excluding hydrogens is 276 g/mol. The van der Waals surface area contributed by atoms with Crippen molar-refractivity contribution in [2.45, 2.75) is 38.1 Å². The predicted octanol–water partition coefficient (Wildman–Crippen LogP) is 3.15. The van der Waals surface area contributed by atoms with Crippen LogP contribution in [0.4, 0.5) is 0 Å². The zero-order valence-corrected chi connectivity index (χ0v) is 11.6. The topological polar surface area (TPSA) is 38.9 Å². The summed E-state index contributed by atoms with van der Waals surface area (Å²) in [6.07, 6.45) is 8.46. The zero-order chi connectivity index (χ0) is 11.8. The van der Waals surface area contributed by atoms with Crippen LogP contribution in [0.5, 0.6) is 0 Å². The van der Waals surface area contributed by atoms with Crippen molar-refractivity contribution in [1.82, 2.24) is 4.98 Å². The molecule has 1 aromatic rings. The second-order valence-electron chi connectivity index (χ2n) is 5.53. The Morgan fingerprint density at radius 3 is 2.59 bits per heavy atom. The number of nitrogens with zero attached hydrogens (tertiary/aromatic N) is 1. The van der Waals surface area contributed by atoms with Crippen LogP contribution >= 0.6 is 15.9 Å². The summed E-state index contributed by atoms with van der Waals surface area (Å²) in [6, 6.07) is 4.45. The first-order valence-electron chi connectivity index (χ1n) is 6.62. The van der Waals surface area contributed by atoms with Gasteiger partial charge < -0.3 is 5.73 Å². The molecule has 2 nitrogen and oxygen atoms in total. The molecule has 3 unspecified atom stereocenters. The Bertz CT molecular complexity index is 378. The van der Waals surface area contributed by atoms with Gasteiger partial charge in [0.2, 0.25) is 0 Å². The fourth-order valence-corrected chi connectivity index (χ4v) is 3.82. The average Bonchev–Trinajstić information content (AvgIpc) is 3.06. The maximum absolute atomic E-state index is 6.36. The average molecular weight is 295 g/mol. The largest absolute Gasteiger partial charge is 0.327 e. The Balaban J connectivity index is 1.60. The third-order valence-corrected chi connectivity index (χ3v) is 4.92. The van der Waals surface area contributed by atoms with Crippen LogP contribution in [-0.4, -0.2) is 11.0 Å². The van der Waals surface area contributed by atoms with Gasteiger partial charge in [-0.15, -0.1) is 0 Å². The number of aromatic nitrogens is 1. The third-order valence-electron chi connectivity index (χ3n) is 4.45. The second-order valence-corrected chi connectivity index (χ2v) is 6.44. The fourth-order valence-electron chi connectivity index (χ4n) is 3.59. The van der Waals surface area contributed by atoms with E-state index in [0.717, 1.165) is 34.3 Å². The summed E-state index contributed by atoms with van der Waals surface area (Å²) in [5.41, 5.74) is 7.49. The highest BCUT2D eigenvalue weighted by Crippen LogP contribution is 2.56. The highest BCUT2D eigenvalue weighted by molar-refractivity contribution is 9.10. The number of fused-ring (bicyclic) bond motifs is 1. The normalized spacial score (nSPS) is 32.9. The smallest absolute Gasteiger partial charge is 0.0420 e. The first-order chi connectivity index (χ1) is 8.25. The summed E-state index contributed by atoms with van der Waals surface area (Å²) in [6.45, 7) is 0. The molecule has 0 saturated heterocycles. The van der Waals surface area contributed by atoms with Gasteiger partial charge in [0.25, 0.3) is 0 Å². The molecule has 0 aliphatic heterocycles. The number of rotatable bonds is 3. The van der Waals surface area contributed by atoms with E-state index in [0.29, 0.717) is 6.04 Å². The van der Waals surface area contributed by atoms with Crippen molar-refractivity contribution in [3.63, 3.8) is 0 Å². The van der Waals surface area contributed by atoms with Gasteiger partial charge in [-0.1, -0.05) is 12.8 Å². The maximum Gasteiger partial charge on any atom is 0.0420 e. The first kappa shape index (κ1) is 11.7. The van der Waals surface area contributed by atoms with Crippen molar-refractivity contribution < 1.29 is 0 Å². The van der Waals surface area contributed by atoms with Gasteiger partial charge in [-0.2, -0.15) is 0 Å². The van der Waals surface area contributed by atoms with E-state index in [9.17, 15) is 0 Å². The van der Waals surface area contributed by atoms with E-state index in [4.69, 9.17) is 5.73 Å². The van der Waals surface area contributed by atoms with Crippen LogP contribution in [0.15, 0.2) is 22.8 Å². The molecule has 0 bridgehead atoms. The Kier molecular flexibility index (Phi) is 3.22. The molecule has 3 atom stereocenters. The molecule has 2 fully saturated rings. The standard InChI is InChI=1S/C14H19BrN2/c15-9-5-6-10(17-8-9)7-13(16)14-11-3-1-2-4-12(11)14/h5-6,8,11-14H,1-4,7,16H2. The number of nitrogens with two attached hydrogens (primary N) is 1. The van der Waals surface area contributed by atoms with E-state index >= 15 is 0 Å². The van der Waals surface area contributed by atoms with Gasteiger partial charge in [-0.25, -0.2) is 0 Å². The van der Waals surface area contributed by atoms with E-state index in [2.05, 4.69) is 33.0 Å². The van der Waals surface area contributed by atoms with Gasteiger partial charge >= 0.3 is 0 Å². The molecule has 0 spiro atoms. The molecule has 0 radical (unpaired) electrons. The molecule has 0 amide bonds. The predicted molar refractivity (Wildman–Crippen MR) is 72.6 cm³/mol. The minimum Gasteiger partial charge on any atom is -0.327 e. The first-order valence-corrected chi connectivity index (χ1v) is 7.41. The maximum atomic E-state index is 6.36. The quantitative estimate of drug-likeness (QED) is 0.930. The van der Waals surface area contributed by atoms with Crippen molar-refractivity contribution in [3.05, 3.63) is 28.5 Å². The summed E-state index contributed by atoms with van der Waals surface area (Å²) in [5, 5.41) is 0. The molecule has 0 aromatic carbocycles. The SMILES string of the molecule is NC(Cc1ccc(Br)cn1)C1C2CCCCC21. The van der Waals surface area contributed by atoms with Crippen LogP contribution in [0.2, 0.25) is 0 Å². The van der Waals surface area contributed by atoms with Crippen LogP contribution in [0.3, 0.4) is 0 Å². The number of hydrogen-bond donors (Lipinski definition) is 1. The number of pyridine rings is 1. The van der Waals surface area contributed by atoms with E-state index < -0.39 is 0 Å². The van der Waals surface area contributed by atoms with Gasteiger partial charge in [-0.3, -0.25) is 4.98 Å². The summed E-state index contributed by atoms with van der Waals surface area (Å²) >= 11 is 3.41. The van der Waals surface area contributed by atoms with Crippen LogP contribution in [0.25, 0.3) is 0 Å². The van der Waals surface area contributed by atoms with Crippen LogP contribution in [-0.2, 0) is 6.42 Å². The van der Waals surface area contributed by atoms with Crippen molar-refractivity contribution in [3.8, 4) is 0 Å². The van der Waals surface area contributed by atoms with Crippen LogP contribution < -0.4 is 5.73 Å². The van der Waals surface area contributed by atoms with Gasteiger partial charge in [-0.05, 0) is 58.7 Å². The molecule has 3 rings (SSSR count). The zero-order valence-electron chi connectivity index (χ0n) is 9.98. The summed E-state index contributed by atoms with van der Waals surface area (Å²) in [5.74, 6) is 2.66. The molecule has 1 heterocycles. The summed E-state index contributed by atoms with van der Waals surface area (Å²) in [7, 11) is 0. The van der Waals surface area contributed by atoms with Crippen molar-refractivity contribution in [1.29, 1.82) is 0 Å². The van der Waals surface area contributed by atoms with Gasteiger partial charge in [0.15, 0.2) is 0 Å². The lowest BCUT2D eigenvalue weighted by molar-refractivity contribution is 0.480. The molecule has 2 saturated carbocycles. The van der Waals surface area contributed by atoms with Gasteiger partial charge in [0, 0.05) is 28.8 Å². The monoisotopic (exact) mass is 294 g/mol. The molecule has 92 valence electrons. The summed E-state index contributed by atoms with van der Waals surface area (Å²) in [4.78, 5) is 4.42. The summed E-state index contributed by atoms with van der Waals surface area (Å²) < 4.78 is 1.04. The lowest BCUT2D eigenvalue weighted by Crippen LogP contribution is -2.27. The Morgan fingerprint density at radius 2 is 2.00 bits per heavy atom. The molecule has 2 aliphatic rings. The highest BCUT2D eigenvalue weighted by atomic mass is 79.9. The van der Waals surface area contributed by atoms with Crippen LogP contribution in [0, 0.1) is 17.8 Å². The van der Waals surface area contributed by atoms with Crippen molar-refractivity contribution in [2.24, 2.45) is 23.5 Å². The van der Waals surface area contributed by atoms with Gasteiger partial charge in [0.1, 0.15) is 0 Å². The molecule has 3 heteroatoms. The molecular formula is C14H19BrN2. The Hall–Kier alpha value is -0.410. The number of hydrogen-bond acceptors (Lipinski definition) is 2. The fraction of sp³-hybridized carbons (Fsp3) is 0.643. The molecule has 17 heavy (non-hydrogen) atoms. The lowest BCUT2D eigenvalue weighted by Gasteiger charge is -2.10. The third kappa shape index (κ3) is 2.41. The number of halogens is 1.